The molecule has 0 aliphatic carbocycles. The normalized spacial score (nSPS) is 17.3. The van der Waals surface area contributed by atoms with Gasteiger partial charge in [0.2, 0.25) is 10.0 Å². The monoisotopic (exact) mass is 385 g/mol. The van der Waals surface area contributed by atoms with Crippen LogP contribution in [-0.4, -0.2) is 71.0 Å². The third kappa shape index (κ3) is 4.51. The van der Waals surface area contributed by atoms with Gasteiger partial charge in [0, 0.05) is 7.05 Å². The van der Waals surface area contributed by atoms with E-state index in [1.807, 2.05) is 0 Å². The molecule has 1 fully saturated rings. The molecular weight excluding hydrogens is 360 g/mol. The molecule has 0 bridgehead atoms. The topological polar surface area (TPSA) is 109 Å². The molecule has 3 amide bonds. The Hall–Kier alpha value is -2.17. The number of carbonyl (C=O) groups excluding carboxylic acids is 2. The van der Waals surface area contributed by atoms with Crippen LogP contribution in [0.3, 0.4) is 0 Å². The first-order valence-electron chi connectivity index (χ1n) is 8.31. The van der Waals surface area contributed by atoms with E-state index in [4.69, 9.17) is 4.74 Å². The second-order valence-electron chi connectivity index (χ2n) is 6.03. The number of quaternary nitrogens is 1. The molecule has 2 rings (SSSR count). The smallest absolute Gasteiger partial charge is 0.321 e. The number of benzene rings is 1. The van der Waals surface area contributed by atoms with Crippen molar-refractivity contribution in [3.63, 3.8) is 0 Å². The summed E-state index contributed by atoms with van der Waals surface area (Å²) in [6.45, 7) is 3.30. The molecule has 3 N–H and O–H groups in total. The number of rotatable bonds is 5. The molecule has 26 heavy (non-hydrogen) atoms. The molecule has 1 atom stereocenters. The number of sulfonamides is 1. The summed E-state index contributed by atoms with van der Waals surface area (Å²) in [6.07, 6.45) is 0. The first-order chi connectivity index (χ1) is 12.3. The van der Waals surface area contributed by atoms with Crippen molar-refractivity contribution < 1.29 is 27.6 Å². The number of hydrogen-bond donors (Lipinski definition) is 3. The molecule has 0 saturated carbocycles. The van der Waals surface area contributed by atoms with Crippen LogP contribution >= 0.6 is 0 Å². The van der Waals surface area contributed by atoms with Gasteiger partial charge in [0.1, 0.15) is 5.75 Å². The van der Waals surface area contributed by atoms with Crippen LogP contribution in [0.4, 0.5) is 4.79 Å². The number of ether oxygens (including phenoxy) is 1. The van der Waals surface area contributed by atoms with E-state index in [2.05, 4.69) is 10.6 Å². The Morgan fingerprint density at radius 2 is 1.77 bits per heavy atom. The van der Waals surface area contributed by atoms with Gasteiger partial charge in [-0.25, -0.2) is 13.2 Å². The van der Waals surface area contributed by atoms with Crippen LogP contribution in [0.1, 0.15) is 6.92 Å². The van der Waals surface area contributed by atoms with Crippen molar-refractivity contribution in [3.8, 4) is 5.75 Å². The zero-order chi connectivity index (χ0) is 19.3. The Balaban J connectivity index is 1.98. The molecule has 1 heterocycles. The van der Waals surface area contributed by atoms with Gasteiger partial charge < -0.3 is 15.0 Å². The predicted octanol–water partition coefficient (Wildman–Crippen LogP) is -1.57. The summed E-state index contributed by atoms with van der Waals surface area (Å²) in [5.41, 5.74) is 0. The van der Waals surface area contributed by atoms with E-state index in [1.165, 1.54) is 30.6 Å². The van der Waals surface area contributed by atoms with Crippen LogP contribution in [-0.2, 0) is 14.8 Å². The fourth-order valence-corrected chi connectivity index (χ4v) is 4.25. The summed E-state index contributed by atoms with van der Waals surface area (Å²) in [5, 5.41) is 4.58. The Kier molecular flexibility index (Phi) is 6.57. The average molecular weight is 385 g/mol. The summed E-state index contributed by atoms with van der Waals surface area (Å²) in [5.74, 6) is 0.208. The first-order valence-corrected chi connectivity index (χ1v) is 9.75. The highest BCUT2D eigenvalue weighted by Crippen LogP contribution is 2.19. The van der Waals surface area contributed by atoms with E-state index < -0.39 is 22.1 Å². The van der Waals surface area contributed by atoms with Gasteiger partial charge in [0.25, 0.3) is 5.91 Å². The second kappa shape index (κ2) is 8.47. The number of imide groups is 1. The number of amides is 3. The minimum atomic E-state index is -3.58. The molecule has 10 heteroatoms. The Labute approximate surface area is 153 Å². The molecule has 1 aromatic carbocycles. The van der Waals surface area contributed by atoms with Crippen molar-refractivity contribution in [2.45, 2.75) is 17.9 Å². The van der Waals surface area contributed by atoms with E-state index in [0.29, 0.717) is 31.9 Å². The van der Waals surface area contributed by atoms with Gasteiger partial charge in [0.05, 0.1) is 38.2 Å². The molecule has 0 spiro atoms. The second-order valence-corrected chi connectivity index (χ2v) is 7.97. The van der Waals surface area contributed by atoms with Crippen molar-refractivity contribution in [3.05, 3.63) is 24.3 Å². The number of urea groups is 1. The van der Waals surface area contributed by atoms with Crippen molar-refractivity contribution in [1.29, 1.82) is 0 Å². The van der Waals surface area contributed by atoms with E-state index >= 15 is 0 Å². The number of nitrogens with zero attached hydrogens (tertiary/aromatic N) is 1. The molecule has 1 saturated heterocycles. The maximum atomic E-state index is 12.7. The van der Waals surface area contributed by atoms with Crippen LogP contribution in [0.2, 0.25) is 0 Å². The third-order valence-electron chi connectivity index (χ3n) is 4.53. The van der Waals surface area contributed by atoms with E-state index in [1.54, 1.807) is 19.1 Å². The van der Waals surface area contributed by atoms with Gasteiger partial charge in [-0.05, 0) is 31.2 Å². The van der Waals surface area contributed by atoms with Crippen LogP contribution in [0, 0.1) is 0 Å². The molecule has 9 nitrogen and oxygen atoms in total. The highest BCUT2D eigenvalue weighted by atomic mass is 32.2. The molecule has 1 aliphatic rings. The molecule has 144 valence electrons. The lowest BCUT2D eigenvalue weighted by atomic mass is 10.2. The lowest BCUT2D eigenvalue weighted by Crippen LogP contribution is -3.19. The average Bonchev–Trinajstić information content (AvgIpc) is 2.67. The SMILES string of the molecule is CNC(=O)NC(=O)[C@H](C)[NH+]1CCN(S(=O)(=O)c2ccc(OC)cc2)CC1. The fraction of sp³-hybridized carbons (Fsp3) is 0.500. The van der Waals surface area contributed by atoms with E-state index in [0.717, 1.165) is 4.90 Å². The fourth-order valence-electron chi connectivity index (χ4n) is 2.81. The van der Waals surface area contributed by atoms with Crippen molar-refractivity contribution in [2.75, 3.05) is 40.3 Å². The van der Waals surface area contributed by atoms with Crippen LogP contribution in [0.15, 0.2) is 29.2 Å². The minimum Gasteiger partial charge on any atom is -0.497 e. The minimum absolute atomic E-state index is 0.215. The largest absolute Gasteiger partial charge is 0.497 e. The Morgan fingerprint density at radius 1 is 1.19 bits per heavy atom. The molecule has 1 aromatic rings. The quantitative estimate of drug-likeness (QED) is 0.567. The van der Waals surface area contributed by atoms with Gasteiger partial charge in [-0.15, -0.1) is 0 Å². The number of piperazine rings is 1. The Bertz CT molecular complexity index is 742. The summed E-state index contributed by atoms with van der Waals surface area (Å²) in [6, 6.07) is 5.26. The Morgan fingerprint density at radius 3 is 2.27 bits per heavy atom. The summed E-state index contributed by atoms with van der Waals surface area (Å²) >= 11 is 0. The molecular formula is C16H25N4O5S+. The van der Waals surface area contributed by atoms with Crippen LogP contribution in [0.5, 0.6) is 5.75 Å². The lowest BCUT2D eigenvalue weighted by Gasteiger charge is -2.34. The van der Waals surface area contributed by atoms with Gasteiger partial charge in [0.15, 0.2) is 6.04 Å². The zero-order valence-corrected chi connectivity index (χ0v) is 15.9. The number of hydrogen-bond acceptors (Lipinski definition) is 5. The summed E-state index contributed by atoms with van der Waals surface area (Å²) < 4.78 is 31.9. The van der Waals surface area contributed by atoms with Crippen LogP contribution < -0.4 is 20.3 Å². The van der Waals surface area contributed by atoms with Gasteiger partial charge >= 0.3 is 6.03 Å². The highest BCUT2D eigenvalue weighted by Gasteiger charge is 2.34. The van der Waals surface area contributed by atoms with Gasteiger partial charge in [-0.1, -0.05) is 0 Å². The zero-order valence-electron chi connectivity index (χ0n) is 15.1. The lowest BCUT2D eigenvalue weighted by molar-refractivity contribution is -0.917. The number of nitrogens with one attached hydrogen (secondary N) is 3. The van der Waals surface area contributed by atoms with Crippen LogP contribution in [0.25, 0.3) is 0 Å². The van der Waals surface area contributed by atoms with Crippen molar-refractivity contribution >= 4 is 22.0 Å². The molecule has 0 aromatic heterocycles. The van der Waals surface area contributed by atoms with Gasteiger partial charge in [-0.3, -0.25) is 10.1 Å². The van der Waals surface area contributed by atoms with Crippen molar-refractivity contribution in [2.24, 2.45) is 0 Å². The van der Waals surface area contributed by atoms with Gasteiger partial charge in [-0.2, -0.15) is 4.31 Å². The predicted molar refractivity (Wildman–Crippen MR) is 94.5 cm³/mol. The first kappa shape index (κ1) is 20.1. The summed E-state index contributed by atoms with van der Waals surface area (Å²) in [7, 11) is -0.625. The highest BCUT2D eigenvalue weighted by molar-refractivity contribution is 7.89. The van der Waals surface area contributed by atoms with Crippen molar-refractivity contribution in [1.82, 2.24) is 14.9 Å². The number of methoxy groups -OCH3 is 1. The maximum Gasteiger partial charge on any atom is 0.321 e. The maximum absolute atomic E-state index is 12.7. The molecule has 1 aliphatic heterocycles. The standard InChI is InChI=1S/C16H24N4O5S/c1-12(15(21)18-16(22)17-2)19-8-10-20(11-9-19)26(23,24)14-6-4-13(25-3)5-7-14/h4-7,12H,8-11H2,1-3H3,(H2,17,18,21,22)/p+1/t12-/m0/s1. The molecule has 0 unspecified atom stereocenters. The number of carbonyl (C=O) groups is 2. The third-order valence-corrected chi connectivity index (χ3v) is 6.44. The summed E-state index contributed by atoms with van der Waals surface area (Å²) in [4.78, 5) is 24.4. The van der Waals surface area contributed by atoms with E-state index in [9.17, 15) is 18.0 Å². The van der Waals surface area contributed by atoms with E-state index in [-0.39, 0.29) is 10.8 Å². The molecule has 0 radical (unpaired) electrons.